The fraction of sp³-hybridized carbons (Fsp3) is 0. The van der Waals surface area contributed by atoms with Gasteiger partial charge in [0, 0.05) is 10.8 Å². The summed E-state index contributed by atoms with van der Waals surface area (Å²) < 4.78 is 0. The lowest BCUT2D eigenvalue weighted by Gasteiger charge is -2.05. The highest BCUT2D eigenvalue weighted by molar-refractivity contribution is 6.05. The number of aliphatic imine (C=N–C) groups is 3. The Labute approximate surface area is 106 Å². The second-order valence-corrected chi connectivity index (χ2v) is 3.42. The highest BCUT2D eigenvalue weighted by Crippen LogP contribution is 2.41. The van der Waals surface area contributed by atoms with Crippen LogP contribution in [0, 0.1) is 0 Å². The summed E-state index contributed by atoms with van der Waals surface area (Å²) in [4.78, 5) is 41.8. The Kier molecular flexibility index (Phi) is 3.53. The summed E-state index contributed by atoms with van der Waals surface area (Å²) in [7, 11) is 0. The summed E-state index contributed by atoms with van der Waals surface area (Å²) in [6.45, 7) is 0. The van der Waals surface area contributed by atoms with Crippen LogP contribution >= 0.6 is 0 Å². The van der Waals surface area contributed by atoms with Crippen LogP contribution in [0.5, 0.6) is 0 Å². The van der Waals surface area contributed by atoms with E-state index in [1.807, 2.05) is 0 Å². The van der Waals surface area contributed by atoms with Gasteiger partial charge in [0.25, 0.3) is 0 Å². The fourth-order valence-corrected chi connectivity index (χ4v) is 1.77. The van der Waals surface area contributed by atoms with Gasteiger partial charge in [-0.05, 0) is 6.07 Å². The molecule has 0 aliphatic carbocycles. The first-order chi connectivity index (χ1) is 9.31. The SMILES string of the molecule is O=C=Nc1cc(N=C=O)c2ccccc2c1N=C=O. The number of nitrogens with zero attached hydrogens (tertiary/aromatic N) is 3. The molecule has 0 spiro atoms. The Morgan fingerprint density at radius 1 is 0.737 bits per heavy atom. The molecule has 0 saturated heterocycles. The second kappa shape index (κ2) is 5.45. The van der Waals surface area contributed by atoms with Crippen molar-refractivity contribution in [2.24, 2.45) is 15.0 Å². The molecule has 0 bridgehead atoms. The van der Waals surface area contributed by atoms with E-state index in [4.69, 9.17) is 0 Å². The Morgan fingerprint density at radius 2 is 1.32 bits per heavy atom. The predicted molar refractivity (Wildman–Crippen MR) is 67.3 cm³/mol. The first kappa shape index (κ1) is 12.3. The lowest BCUT2D eigenvalue weighted by Crippen LogP contribution is -1.78. The van der Waals surface area contributed by atoms with Crippen LogP contribution in [0.2, 0.25) is 0 Å². The smallest absolute Gasteiger partial charge is 0.211 e. The van der Waals surface area contributed by atoms with E-state index < -0.39 is 0 Å². The number of hydrogen-bond donors (Lipinski definition) is 0. The molecule has 0 aromatic heterocycles. The van der Waals surface area contributed by atoms with Gasteiger partial charge < -0.3 is 0 Å². The molecule has 0 aliphatic rings. The van der Waals surface area contributed by atoms with E-state index in [-0.39, 0.29) is 17.1 Å². The highest BCUT2D eigenvalue weighted by atomic mass is 16.1. The van der Waals surface area contributed by atoms with Crippen molar-refractivity contribution in [2.75, 3.05) is 0 Å². The lowest BCUT2D eigenvalue weighted by molar-refractivity contribution is 0.564. The van der Waals surface area contributed by atoms with E-state index in [0.29, 0.717) is 10.8 Å². The number of benzene rings is 2. The molecule has 0 fully saturated rings. The van der Waals surface area contributed by atoms with Crippen molar-refractivity contribution in [1.82, 2.24) is 0 Å². The average molecular weight is 251 g/mol. The fourth-order valence-electron chi connectivity index (χ4n) is 1.77. The molecule has 6 nitrogen and oxygen atoms in total. The van der Waals surface area contributed by atoms with E-state index in [2.05, 4.69) is 15.0 Å². The van der Waals surface area contributed by atoms with Crippen LogP contribution in [0.3, 0.4) is 0 Å². The maximum atomic E-state index is 10.5. The van der Waals surface area contributed by atoms with Gasteiger partial charge in [0.2, 0.25) is 18.2 Å². The molecule has 6 heteroatoms. The van der Waals surface area contributed by atoms with Crippen molar-refractivity contribution in [2.45, 2.75) is 0 Å². The van der Waals surface area contributed by atoms with Gasteiger partial charge in [-0.15, -0.1) is 0 Å². The number of hydrogen-bond acceptors (Lipinski definition) is 6. The Bertz CT molecular complexity index is 794. The largest absolute Gasteiger partial charge is 0.240 e. The monoisotopic (exact) mass is 251 g/mol. The lowest BCUT2D eigenvalue weighted by atomic mass is 10.1. The average Bonchev–Trinajstić information content (AvgIpc) is 2.43. The van der Waals surface area contributed by atoms with E-state index in [1.165, 1.54) is 24.3 Å². The topological polar surface area (TPSA) is 88.3 Å². The molecule has 0 aliphatic heterocycles. The zero-order valence-corrected chi connectivity index (χ0v) is 9.45. The van der Waals surface area contributed by atoms with E-state index in [0.717, 1.165) is 0 Å². The van der Waals surface area contributed by atoms with E-state index >= 15 is 0 Å². The molecule has 2 aromatic rings. The van der Waals surface area contributed by atoms with Crippen LogP contribution in [0.25, 0.3) is 10.8 Å². The zero-order valence-electron chi connectivity index (χ0n) is 9.45. The molecule has 0 heterocycles. The van der Waals surface area contributed by atoms with Gasteiger partial charge in [-0.2, -0.15) is 15.0 Å². The summed E-state index contributed by atoms with van der Waals surface area (Å²) in [5.41, 5.74) is 0.550. The third-order valence-corrected chi connectivity index (χ3v) is 2.46. The van der Waals surface area contributed by atoms with E-state index in [1.54, 1.807) is 24.3 Å². The summed E-state index contributed by atoms with van der Waals surface area (Å²) >= 11 is 0. The van der Waals surface area contributed by atoms with Crippen LogP contribution in [-0.4, -0.2) is 18.2 Å². The summed E-state index contributed by atoms with van der Waals surface area (Å²) in [6.07, 6.45) is 4.19. The number of rotatable bonds is 3. The number of fused-ring (bicyclic) bond motifs is 1. The van der Waals surface area contributed by atoms with Crippen molar-refractivity contribution >= 4 is 46.1 Å². The van der Waals surface area contributed by atoms with Gasteiger partial charge in [-0.3, -0.25) is 0 Å². The second-order valence-electron chi connectivity index (χ2n) is 3.42. The van der Waals surface area contributed by atoms with Gasteiger partial charge in [-0.25, -0.2) is 14.4 Å². The minimum Gasteiger partial charge on any atom is -0.211 e. The maximum Gasteiger partial charge on any atom is 0.240 e. The summed E-state index contributed by atoms with van der Waals surface area (Å²) in [6, 6.07) is 8.18. The Morgan fingerprint density at radius 3 is 1.95 bits per heavy atom. The molecule has 2 rings (SSSR count). The van der Waals surface area contributed by atoms with Crippen molar-refractivity contribution in [3.63, 3.8) is 0 Å². The summed E-state index contributed by atoms with van der Waals surface area (Å²) in [5, 5.41) is 1.11. The van der Waals surface area contributed by atoms with Gasteiger partial charge >= 0.3 is 0 Å². The van der Waals surface area contributed by atoms with Crippen molar-refractivity contribution in [1.29, 1.82) is 0 Å². The molecule has 19 heavy (non-hydrogen) atoms. The third-order valence-electron chi connectivity index (χ3n) is 2.46. The molecule has 0 radical (unpaired) electrons. The molecule has 90 valence electrons. The molecule has 0 N–H and O–H groups in total. The zero-order chi connectivity index (χ0) is 13.7. The quantitative estimate of drug-likeness (QED) is 0.620. The Hall–Kier alpha value is -3.16. The number of isocyanates is 3. The molecule has 0 amide bonds. The molecule has 0 unspecified atom stereocenters. The highest BCUT2D eigenvalue weighted by Gasteiger charge is 2.11. The molecule has 2 aromatic carbocycles. The van der Waals surface area contributed by atoms with Crippen LogP contribution in [0.15, 0.2) is 45.3 Å². The molecular formula is C13H5N3O3. The standard InChI is InChI=1S/C13H5N3O3/c17-6-14-11-5-12(15-7-18)13(16-8-19)10-4-2-1-3-9(10)11/h1-5H. The van der Waals surface area contributed by atoms with Gasteiger partial charge in [0.15, 0.2) is 0 Å². The summed E-state index contributed by atoms with van der Waals surface area (Å²) in [5.74, 6) is 0. The van der Waals surface area contributed by atoms with Crippen molar-refractivity contribution in [3.8, 4) is 0 Å². The van der Waals surface area contributed by atoms with Crippen LogP contribution in [0.1, 0.15) is 0 Å². The minimum absolute atomic E-state index is 0.0889. The first-order valence-electron chi connectivity index (χ1n) is 5.11. The minimum atomic E-state index is 0.0889. The van der Waals surface area contributed by atoms with Crippen LogP contribution in [-0.2, 0) is 14.4 Å². The van der Waals surface area contributed by atoms with Crippen LogP contribution < -0.4 is 0 Å². The Balaban J connectivity index is 3.01. The molecule has 0 saturated carbocycles. The van der Waals surface area contributed by atoms with Crippen LogP contribution in [0.4, 0.5) is 17.1 Å². The van der Waals surface area contributed by atoms with Gasteiger partial charge in [0.1, 0.15) is 11.4 Å². The van der Waals surface area contributed by atoms with E-state index in [9.17, 15) is 14.4 Å². The van der Waals surface area contributed by atoms with Crippen molar-refractivity contribution in [3.05, 3.63) is 30.3 Å². The third kappa shape index (κ3) is 2.27. The maximum absolute atomic E-state index is 10.5. The normalized spacial score (nSPS) is 9.05. The molecule has 0 atom stereocenters. The number of carbonyl (C=O) groups excluding carboxylic acids is 3. The van der Waals surface area contributed by atoms with Gasteiger partial charge in [-0.1, -0.05) is 24.3 Å². The molecular weight excluding hydrogens is 246 g/mol. The van der Waals surface area contributed by atoms with Crippen molar-refractivity contribution < 1.29 is 14.4 Å². The first-order valence-corrected chi connectivity index (χ1v) is 5.11. The van der Waals surface area contributed by atoms with Gasteiger partial charge in [0.05, 0.1) is 5.69 Å². The predicted octanol–water partition coefficient (Wildman–Crippen LogP) is 2.74.